The van der Waals surface area contributed by atoms with Gasteiger partial charge in [-0.1, -0.05) is 11.6 Å². The number of carbonyl (C=O) groups excluding carboxylic acids is 2. The Balaban J connectivity index is 1.99. The van der Waals surface area contributed by atoms with Crippen LogP contribution in [0.4, 0.5) is 10.6 Å². The Kier molecular flexibility index (Phi) is 4.80. The molecule has 1 unspecified atom stereocenters. The van der Waals surface area contributed by atoms with Gasteiger partial charge in [0.1, 0.15) is 11.5 Å². The molecule has 1 aliphatic heterocycles. The van der Waals surface area contributed by atoms with Crippen LogP contribution in [0, 0.1) is 0 Å². The Labute approximate surface area is 149 Å². The van der Waals surface area contributed by atoms with Gasteiger partial charge in [0.2, 0.25) is 6.23 Å². The third kappa shape index (κ3) is 3.12. The average Bonchev–Trinajstić information content (AvgIpc) is 2.89. The second kappa shape index (κ2) is 7.02. The van der Waals surface area contributed by atoms with Gasteiger partial charge < -0.3 is 9.64 Å². The van der Waals surface area contributed by atoms with E-state index >= 15 is 0 Å². The van der Waals surface area contributed by atoms with Crippen LogP contribution >= 0.6 is 11.6 Å². The summed E-state index contributed by atoms with van der Waals surface area (Å²) in [4.78, 5) is 40.3. The van der Waals surface area contributed by atoms with Gasteiger partial charge in [-0.3, -0.25) is 9.78 Å². The van der Waals surface area contributed by atoms with Gasteiger partial charge in [0, 0.05) is 31.7 Å². The van der Waals surface area contributed by atoms with Crippen molar-refractivity contribution in [2.24, 2.45) is 0 Å². The van der Waals surface area contributed by atoms with Gasteiger partial charge in [0.15, 0.2) is 5.69 Å². The van der Waals surface area contributed by atoms with Crippen LogP contribution in [0.2, 0.25) is 5.02 Å². The van der Waals surface area contributed by atoms with Crippen molar-refractivity contribution in [3.63, 3.8) is 0 Å². The molecule has 2 aromatic rings. The third-order valence-corrected chi connectivity index (χ3v) is 4.03. The summed E-state index contributed by atoms with van der Waals surface area (Å²) < 4.78 is 5.57. The van der Waals surface area contributed by atoms with Crippen LogP contribution in [0.15, 0.2) is 30.7 Å². The van der Waals surface area contributed by atoms with Gasteiger partial charge in [-0.25, -0.2) is 19.7 Å². The number of rotatable bonds is 4. The van der Waals surface area contributed by atoms with E-state index in [4.69, 9.17) is 16.3 Å². The maximum atomic E-state index is 12.7. The number of nitrogens with zero attached hydrogens (tertiary/aromatic N) is 5. The van der Waals surface area contributed by atoms with Crippen molar-refractivity contribution in [3.8, 4) is 0 Å². The average molecular weight is 362 g/mol. The molecule has 0 spiro atoms. The first-order chi connectivity index (χ1) is 12.1. The number of pyridine rings is 1. The van der Waals surface area contributed by atoms with E-state index in [1.165, 1.54) is 28.4 Å². The van der Waals surface area contributed by atoms with Gasteiger partial charge in [-0.15, -0.1) is 0 Å². The zero-order valence-electron chi connectivity index (χ0n) is 13.7. The van der Waals surface area contributed by atoms with E-state index < -0.39 is 18.2 Å². The molecule has 0 saturated heterocycles. The summed E-state index contributed by atoms with van der Waals surface area (Å²) in [5.74, 6) is -0.137. The van der Waals surface area contributed by atoms with E-state index in [9.17, 15) is 9.59 Å². The lowest BCUT2D eigenvalue weighted by Gasteiger charge is -2.26. The summed E-state index contributed by atoms with van der Waals surface area (Å²) in [6, 6.07) is 3.18. The lowest BCUT2D eigenvalue weighted by Crippen LogP contribution is -2.37. The molecular weight excluding hydrogens is 346 g/mol. The Bertz CT molecular complexity index is 795. The summed E-state index contributed by atoms with van der Waals surface area (Å²) in [6.07, 6.45) is 2.71. The smallest absolute Gasteiger partial charge is 0.412 e. The number of hydrogen-bond acceptors (Lipinski definition) is 6. The van der Waals surface area contributed by atoms with Crippen LogP contribution in [0.5, 0.6) is 0 Å². The Morgan fingerprint density at radius 3 is 2.60 bits per heavy atom. The second-order valence-electron chi connectivity index (χ2n) is 5.21. The fraction of sp³-hybridized carbons (Fsp3) is 0.312. The molecule has 0 aliphatic carbocycles. The number of aromatic nitrogens is 3. The van der Waals surface area contributed by atoms with E-state index in [1.807, 2.05) is 13.8 Å². The quantitative estimate of drug-likeness (QED) is 0.831. The van der Waals surface area contributed by atoms with Crippen LogP contribution in [0.1, 0.15) is 36.3 Å². The normalized spacial score (nSPS) is 15.9. The van der Waals surface area contributed by atoms with Crippen LogP contribution in [-0.4, -0.2) is 44.9 Å². The first-order valence-corrected chi connectivity index (χ1v) is 8.16. The molecule has 2 amide bonds. The number of halogens is 1. The SMILES string of the molecule is CCN(CC)C(=O)OC1c2nccnc2C(=O)N1c1ccc(Cl)cn1. The molecule has 1 aliphatic rings. The van der Waals surface area contributed by atoms with Crippen LogP contribution < -0.4 is 4.90 Å². The van der Waals surface area contributed by atoms with Gasteiger partial charge in [0.05, 0.1) is 5.02 Å². The van der Waals surface area contributed by atoms with E-state index in [-0.39, 0.29) is 11.4 Å². The molecule has 8 nitrogen and oxygen atoms in total. The summed E-state index contributed by atoms with van der Waals surface area (Å²) in [7, 11) is 0. The number of fused-ring (bicyclic) bond motifs is 1. The minimum absolute atomic E-state index is 0.136. The summed E-state index contributed by atoms with van der Waals surface area (Å²) in [5.41, 5.74) is 0.418. The maximum Gasteiger partial charge on any atom is 0.412 e. The molecule has 1 atom stereocenters. The number of carbonyl (C=O) groups is 2. The molecule has 0 bridgehead atoms. The van der Waals surface area contributed by atoms with E-state index in [1.54, 1.807) is 12.1 Å². The summed E-state index contributed by atoms with van der Waals surface area (Å²) >= 11 is 5.86. The van der Waals surface area contributed by atoms with Crippen LogP contribution in [0.25, 0.3) is 0 Å². The molecule has 0 saturated carbocycles. The van der Waals surface area contributed by atoms with Gasteiger partial charge in [-0.2, -0.15) is 0 Å². The molecule has 0 fully saturated rings. The first-order valence-electron chi connectivity index (χ1n) is 7.78. The molecule has 3 rings (SSSR count). The zero-order chi connectivity index (χ0) is 18.0. The van der Waals surface area contributed by atoms with Gasteiger partial charge >= 0.3 is 6.09 Å². The molecule has 2 aromatic heterocycles. The van der Waals surface area contributed by atoms with Crippen molar-refractivity contribution in [2.45, 2.75) is 20.1 Å². The lowest BCUT2D eigenvalue weighted by atomic mass is 10.3. The predicted octanol–water partition coefficient (Wildman–Crippen LogP) is 2.66. The van der Waals surface area contributed by atoms with Gasteiger partial charge in [-0.05, 0) is 26.0 Å². The highest BCUT2D eigenvalue weighted by Crippen LogP contribution is 2.35. The maximum absolute atomic E-state index is 12.7. The van der Waals surface area contributed by atoms with Crippen molar-refractivity contribution in [1.82, 2.24) is 19.9 Å². The Morgan fingerprint density at radius 1 is 1.24 bits per heavy atom. The minimum atomic E-state index is -1.03. The summed E-state index contributed by atoms with van der Waals surface area (Å²) in [6.45, 7) is 4.67. The zero-order valence-corrected chi connectivity index (χ0v) is 14.5. The lowest BCUT2D eigenvalue weighted by molar-refractivity contribution is 0.0614. The number of ether oxygens (including phenoxy) is 1. The van der Waals surface area contributed by atoms with Crippen molar-refractivity contribution >= 4 is 29.4 Å². The van der Waals surface area contributed by atoms with E-state index in [0.29, 0.717) is 23.9 Å². The number of hydrogen-bond donors (Lipinski definition) is 0. The molecule has 9 heteroatoms. The monoisotopic (exact) mass is 361 g/mol. The van der Waals surface area contributed by atoms with Crippen molar-refractivity contribution in [1.29, 1.82) is 0 Å². The number of amides is 2. The van der Waals surface area contributed by atoms with E-state index in [2.05, 4.69) is 15.0 Å². The highest BCUT2D eigenvalue weighted by molar-refractivity contribution is 6.30. The van der Waals surface area contributed by atoms with Crippen molar-refractivity contribution in [2.75, 3.05) is 18.0 Å². The van der Waals surface area contributed by atoms with Crippen molar-refractivity contribution in [3.05, 3.63) is 47.1 Å². The molecule has 0 N–H and O–H groups in total. The molecule has 3 heterocycles. The summed E-state index contributed by atoms with van der Waals surface area (Å²) in [5, 5.41) is 0.431. The van der Waals surface area contributed by atoms with Crippen LogP contribution in [0.3, 0.4) is 0 Å². The second-order valence-corrected chi connectivity index (χ2v) is 5.64. The Morgan fingerprint density at radius 2 is 1.96 bits per heavy atom. The highest BCUT2D eigenvalue weighted by Gasteiger charge is 2.44. The number of anilines is 1. The van der Waals surface area contributed by atoms with E-state index in [0.717, 1.165) is 0 Å². The molecule has 130 valence electrons. The fourth-order valence-electron chi connectivity index (χ4n) is 2.53. The fourth-order valence-corrected chi connectivity index (χ4v) is 2.64. The van der Waals surface area contributed by atoms with Gasteiger partial charge in [0.25, 0.3) is 5.91 Å². The predicted molar refractivity (Wildman–Crippen MR) is 90.2 cm³/mol. The molecule has 0 aromatic carbocycles. The molecular formula is C16H16ClN5O3. The largest absolute Gasteiger partial charge is 0.419 e. The van der Waals surface area contributed by atoms with Crippen molar-refractivity contribution < 1.29 is 14.3 Å². The Hall–Kier alpha value is -2.74. The minimum Gasteiger partial charge on any atom is -0.419 e. The standard InChI is InChI=1S/C16H16ClN5O3/c1-3-21(4-2)16(24)25-15-13-12(18-7-8-19-13)14(23)22(15)11-6-5-10(17)9-20-11/h5-9,15H,3-4H2,1-2H3. The molecule has 25 heavy (non-hydrogen) atoms. The molecule has 0 radical (unpaired) electrons. The topological polar surface area (TPSA) is 88.5 Å². The van der Waals surface area contributed by atoms with Crippen LogP contribution in [-0.2, 0) is 4.74 Å². The third-order valence-electron chi connectivity index (χ3n) is 3.81. The highest BCUT2D eigenvalue weighted by atomic mass is 35.5. The first kappa shape index (κ1) is 17.1.